The van der Waals surface area contributed by atoms with E-state index in [0.29, 0.717) is 0 Å². The van der Waals surface area contributed by atoms with Crippen molar-refractivity contribution in [3.8, 4) is 67.5 Å². The molecule has 0 N–H and O–H groups in total. The van der Waals surface area contributed by atoms with Gasteiger partial charge in [-0.2, -0.15) is 0 Å². The fourth-order valence-electron chi connectivity index (χ4n) is 15.3. The number of nitrogens with zero attached hydrogens (tertiary/aromatic N) is 2. The molecule has 0 amide bonds. The van der Waals surface area contributed by atoms with Crippen LogP contribution in [-0.4, -0.2) is 13.4 Å². The van der Waals surface area contributed by atoms with Crippen molar-refractivity contribution in [1.82, 2.24) is 0 Å². The number of rotatable bonds is 4. The van der Waals surface area contributed by atoms with Gasteiger partial charge < -0.3 is 19.3 Å². The lowest BCUT2D eigenvalue weighted by atomic mass is 9.33. The predicted octanol–water partition coefficient (Wildman–Crippen LogP) is 14.8. The van der Waals surface area contributed by atoms with Crippen LogP contribution in [0.3, 0.4) is 0 Å². The Morgan fingerprint density at radius 2 is 0.765 bits per heavy atom. The third kappa shape index (κ3) is 6.01. The minimum Gasteiger partial charge on any atom is -0.458 e. The van der Waals surface area contributed by atoms with Crippen molar-refractivity contribution in [2.24, 2.45) is 0 Å². The van der Waals surface area contributed by atoms with Gasteiger partial charge in [-0.05, 0) is 169 Å². The molecule has 0 aromatic heterocycles. The van der Waals surface area contributed by atoms with E-state index in [9.17, 15) is 0 Å². The molecular formula is C75H48B2N2O2. The van der Waals surface area contributed by atoms with E-state index in [1.54, 1.807) is 0 Å². The summed E-state index contributed by atoms with van der Waals surface area (Å²) in [6.07, 6.45) is 0. The molecule has 18 rings (SSSR count). The number of hydrogen-bond acceptors (Lipinski definition) is 4. The average Bonchev–Trinajstić information content (AvgIpc) is 3.86. The maximum atomic E-state index is 7.18. The molecule has 81 heavy (non-hydrogen) atoms. The molecule has 0 saturated heterocycles. The van der Waals surface area contributed by atoms with Crippen LogP contribution in [-0.2, 0) is 5.41 Å². The van der Waals surface area contributed by atoms with Gasteiger partial charge in [0.05, 0.1) is 16.8 Å². The largest absolute Gasteiger partial charge is 0.458 e. The Morgan fingerprint density at radius 3 is 1.41 bits per heavy atom. The molecule has 0 fully saturated rings. The molecule has 1 spiro atoms. The first-order valence-corrected chi connectivity index (χ1v) is 28.3. The summed E-state index contributed by atoms with van der Waals surface area (Å²) in [5.41, 5.74) is 30.9. The van der Waals surface area contributed by atoms with E-state index in [1.807, 2.05) is 0 Å². The van der Waals surface area contributed by atoms with E-state index in [0.717, 1.165) is 50.8 Å². The van der Waals surface area contributed by atoms with Gasteiger partial charge in [0.15, 0.2) is 0 Å². The number of para-hydroxylation sites is 3. The summed E-state index contributed by atoms with van der Waals surface area (Å²) in [5, 5.41) is 0. The normalized spacial score (nSPS) is 15.4. The number of anilines is 6. The highest BCUT2D eigenvalue weighted by atomic mass is 16.5. The van der Waals surface area contributed by atoms with E-state index in [4.69, 9.17) is 9.47 Å². The number of hydrogen-bond donors (Lipinski definition) is 0. The van der Waals surface area contributed by atoms with Crippen LogP contribution in [0.1, 0.15) is 33.4 Å². The van der Waals surface area contributed by atoms with Crippen molar-refractivity contribution in [2.75, 3.05) is 9.80 Å². The first-order valence-electron chi connectivity index (χ1n) is 28.3. The Labute approximate surface area is 472 Å². The Bertz CT molecular complexity index is 4730. The fourth-order valence-corrected chi connectivity index (χ4v) is 15.3. The SMILES string of the molecule is Cc1ccc2c(c1)N(c1ccccc1-c1ccccc1)c1cc(C)cc3c1B2c1cc2c(cc1N3c1ccccc1-c1ccccc1)[C@]1(c3ccccc3-c3cc4c(cc31)Oc1cccc3c1B4c1ccccc1O3)c1ccccc1-2. The predicted molar refractivity (Wildman–Crippen MR) is 335 cm³/mol. The molecule has 12 aromatic rings. The first kappa shape index (κ1) is 44.9. The maximum Gasteiger partial charge on any atom is 0.260 e. The van der Waals surface area contributed by atoms with Crippen LogP contribution in [0, 0.1) is 13.8 Å². The second-order valence-electron chi connectivity index (χ2n) is 22.7. The molecule has 0 bridgehead atoms. The van der Waals surface area contributed by atoms with E-state index in [2.05, 4.69) is 278 Å². The number of fused-ring (bicyclic) bond motifs is 18. The van der Waals surface area contributed by atoms with Crippen LogP contribution >= 0.6 is 0 Å². The van der Waals surface area contributed by atoms with Gasteiger partial charge in [0.2, 0.25) is 0 Å². The van der Waals surface area contributed by atoms with E-state index in [-0.39, 0.29) is 13.4 Å². The summed E-state index contributed by atoms with van der Waals surface area (Å²) >= 11 is 0. The van der Waals surface area contributed by atoms with Crippen molar-refractivity contribution in [3.63, 3.8) is 0 Å². The van der Waals surface area contributed by atoms with Crippen molar-refractivity contribution in [1.29, 1.82) is 0 Å². The zero-order chi connectivity index (χ0) is 53.2. The lowest BCUT2D eigenvalue weighted by Gasteiger charge is -2.45. The Kier molecular flexibility index (Phi) is 9.15. The van der Waals surface area contributed by atoms with Crippen LogP contribution < -0.4 is 52.1 Å². The minimum atomic E-state index is -0.677. The van der Waals surface area contributed by atoms with E-state index >= 15 is 0 Å². The molecule has 1 atom stereocenters. The summed E-state index contributed by atoms with van der Waals surface area (Å²) in [4.78, 5) is 5.20. The van der Waals surface area contributed by atoms with Gasteiger partial charge in [0.1, 0.15) is 23.0 Å². The smallest absolute Gasteiger partial charge is 0.260 e. The molecule has 0 saturated carbocycles. The topological polar surface area (TPSA) is 24.9 Å². The lowest BCUT2D eigenvalue weighted by molar-refractivity contribution is 0.464. The van der Waals surface area contributed by atoms with Crippen LogP contribution in [0.2, 0.25) is 0 Å². The molecule has 4 heterocycles. The zero-order valence-corrected chi connectivity index (χ0v) is 44.6. The molecular weight excluding hydrogens is 982 g/mol. The van der Waals surface area contributed by atoms with Crippen LogP contribution in [0.5, 0.6) is 23.0 Å². The molecule has 6 heteroatoms. The summed E-state index contributed by atoms with van der Waals surface area (Å²) < 4.78 is 13.8. The van der Waals surface area contributed by atoms with Gasteiger partial charge in [-0.25, -0.2) is 0 Å². The van der Waals surface area contributed by atoms with Crippen LogP contribution in [0.15, 0.2) is 255 Å². The molecule has 2 aliphatic carbocycles. The Hall–Kier alpha value is -10.0. The highest BCUT2D eigenvalue weighted by Crippen LogP contribution is 2.64. The summed E-state index contributed by atoms with van der Waals surface area (Å²) in [6, 6.07) is 95.2. The monoisotopic (exact) mass is 1030 g/mol. The lowest BCUT2D eigenvalue weighted by Crippen LogP contribution is -2.61. The number of benzene rings is 12. The molecule has 376 valence electrons. The molecule has 12 aromatic carbocycles. The standard InChI is InChI=1S/C75H48B2N2O2/c1-45-36-37-59-65(38-45)78(63-31-16-11-24-49(63)47-20-5-3-6-21-47)67-39-46(2)40-68-73(67)76(59)61-41-53-51-26-9-13-28-55(51)75(57(53)43-66(61)79(68)64-32-17-12-25-50(64)48-22-7-4-8-23-48)56-29-14-10-27-52(56)54-42-62-72(44-58(54)75)81-71-35-19-34-70-74(71)77(62)60-30-15-18-33-69(60)80-70/h3-44H,1-2H3/t75-/m1/s1. The van der Waals surface area contributed by atoms with Gasteiger partial charge in [-0.1, -0.05) is 194 Å². The number of aryl methyl sites for hydroxylation is 2. The van der Waals surface area contributed by atoms with Crippen LogP contribution in [0.25, 0.3) is 44.5 Å². The molecule has 4 nitrogen and oxygen atoms in total. The zero-order valence-electron chi connectivity index (χ0n) is 44.6. The second kappa shape index (κ2) is 16.5. The highest BCUT2D eigenvalue weighted by molar-refractivity contribution is 7.00. The van der Waals surface area contributed by atoms with Crippen molar-refractivity contribution in [3.05, 3.63) is 288 Å². The van der Waals surface area contributed by atoms with Crippen molar-refractivity contribution >= 4 is 80.3 Å². The summed E-state index contributed by atoms with van der Waals surface area (Å²) in [6.45, 7) is 4.37. The first-order chi connectivity index (χ1) is 40.0. The van der Waals surface area contributed by atoms with Crippen molar-refractivity contribution < 1.29 is 9.47 Å². The van der Waals surface area contributed by atoms with E-state index in [1.165, 1.54) is 117 Å². The molecule has 0 radical (unpaired) electrons. The summed E-state index contributed by atoms with van der Waals surface area (Å²) in [5.74, 6) is 3.48. The third-order valence-electron chi connectivity index (χ3n) is 18.5. The molecule has 6 aliphatic rings. The Balaban J connectivity index is 0.937. The van der Waals surface area contributed by atoms with Crippen LogP contribution in [0.4, 0.5) is 34.1 Å². The number of ether oxygens (including phenoxy) is 2. The maximum absolute atomic E-state index is 7.18. The van der Waals surface area contributed by atoms with Gasteiger partial charge in [-0.3, -0.25) is 0 Å². The molecule has 4 aliphatic heterocycles. The molecule has 0 unspecified atom stereocenters. The minimum absolute atomic E-state index is 0.0503. The summed E-state index contributed by atoms with van der Waals surface area (Å²) in [7, 11) is 0. The van der Waals surface area contributed by atoms with Gasteiger partial charge in [0.25, 0.3) is 13.4 Å². The highest BCUT2D eigenvalue weighted by Gasteiger charge is 2.55. The van der Waals surface area contributed by atoms with Gasteiger partial charge >= 0.3 is 0 Å². The average molecular weight is 1030 g/mol. The third-order valence-corrected chi connectivity index (χ3v) is 18.5. The van der Waals surface area contributed by atoms with Gasteiger partial charge in [0, 0.05) is 39.3 Å². The quantitative estimate of drug-likeness (QED) is 0.164. The van der Waals surface area contributed by atoms with Crippen molar-refractivity contribution in [2.45, 2.75) is 19.3 Å². The Morgan fingerprint density at radius 1 is 0.284 bits per heavy atom. The second-order valence-corrected chi connectivity index (χ2v) is 22.7. The van der Waals surface area contributed by atoms with Gasteiger partial charge in [-0.15, -0.1) is 0 Å². The van der Waals surface area contributed by atoms with E-state index < -0.39 is 5.41 Å². The fraction of sp³-hybridized carbons (Fsp3) is 0.0400.